The zero-order chi connectivity index (χ0) is 18.5. The highest BCUT2D eigenvalue weighted by atomic mass is 16.5. The Morgan fingerprint density at radius 1 is 1.23 bits per heavy atom. The number of rotatable bonds is 4. The molecule has 3 aliphatic rings. The van der Waals surface area contributed by atoms with Crippen LogP contribution in [0.15, 0.2) is 53.3 Å². The Morgan fingerprint density at radius 3 is 2.50 bits per heavy atom. The molecule has 1 aromatic carbocycles. The average Bonchev–Trinajstić information content (AvgIpc) is 3.44. The predicted octanol–water partition coefficient (Wildman–Crippen LogP) is 2.40. The number of carbonyl (C=O) groups excluding carboxylic acids is 2. The lowest BCUT2D eigenvalue weighted by atomic mass is 9.68. The van der Waals surface area contributed by atoms with Gasteiger partial charge >= 0.3 is 0 Å². The fraction of sp³-hybridized carbons (Fsp3) is 0.429. The van der Waals surface area contributed by atoms with Crippen LogP contribution in [-0.2, 0) is 14.3 Å². The summed E-state index contributed by atoms with van der Waals surface area (Å²) in [4.78, 5) is 25.1. The second-order valence-electron chi connectivity index (χ2n) is 7.56. The Balaban J connectivity index is 1.86. The van der Waals surface area contributed by atoms with Crippen molar-refractivity contribution < 1.29 is 14.3 Å². The van der Waals surface area contributed by atoms with E-state index in [4.69, 9.17) is 10.5 Å². The molecule has 0 aromatic heterocycles. The number of benzene rings is 1. The van der Waals surface area contributed by atoms with Gasteiger partial charge in [-0.3, -0.25) is 9.59 Å². The number of carbonyl (C=O) groups is 2. The molecule has 3 atom stereocenters. The van der Waals surface area contributed by atoms with Gasteiger partial charge in [-0.2, -0.15) is 0 Å². The molecule has 5 heteroatoms. The molecule has 1 fully saturated rings. The molecule has 1 aliphatic heterocycles. The molecule has 3 unspecified atom stereocenters. The number of amides is 2. The van der Waals surface area contributed by atoms with Gasteiger partial charge in [0.2, 0.25) is 5.91 Å². The third-order valence-electron chi connectivity index (χ3n) is 5.96. The number of nitrogens with two attached hydrogens (primary N) is 1. The normalized spacial score (nSPS) is 30.3. The van der Waals surface area contributed by atoms with Crippen molar-refractivity contribution in [3.63, 3.8) is 0 Å². The number of ether oxygens (including phenoxy) is 1. The van der Waals surface area contributed by atoms with E-state index in [9.17, 15) is 9.59 Å². The van der Waals surface area contributed by atoms with Crippen LogP contribution in [0.5, 0.6) is 0 Å². The fourth-order valence-corrected chi connectivity index (χ4v) is 4.53. The molecule has 0 radical (unpaired) electrons. The standard InChI is InChI=1S/C21H24N2O3/c1-12-17(13-6-4-3-5-7-13)15-10-21(20(22)25,14-8-9-14)11-16(18(15)26-12)19(24)23-2/h3-7,11-12,14,17H,8-10H2,1-2H3,(H2,22,25)(H,23,24). The zero-order valence-corrected chi connectivity index (χ0v) is 15.1. The van der Waals surface area contributed by atoms with Crippen molar-refractivity contribution in [1.29, 1.82) is 0 Å². The molecule has 2 amide bonds. The Labute approximate surface area is 153 Å². The minimum Gasteiger partial charge on any atom is -0.489 e. The van der Waals surface area contributed by atoms with Crippen molar-refractivity contribution in [3.05, 3.63) is 58.9 Å². The highest BCUT2D eigenvalue weighted by Gasteiger charge is 2.54. The largest absolute Gasteiger partial charge is 0.489 e. The van der Waals surface area contributed by atoms with E-state index in [2.05, 4.69) is 17.4 Å². The summed E-state index contributed by atoms with van der Waals surface area (Å²) in [7, 11) is 1.59. The van der Waals surface area contributed by atoms with E-state index < -0.39 is 5.41 Å². The summed E-state index contributed by atoms with van der Waals surface area (Å²) in [6.45, 7) is 2.01. The van der Waals surface area contributed by atoms with Gasteiger partial charge in [-0.1, -0.05) is 36.4 Å². The smallest absolute Gasteiger partial charge is 0.254 e. The van der Waals surface area contributed by atoms with Crippen molar-refractivity contribution in [2.75, 3.05) is 7.05 Å². The highest BCUT2D eigenvalue weighted by molar-refractivity contribution is 6.00. The van der Waals surface area contributed by atoms with Crippen molar-refractivity contribution >= 4 is 11.8 Å². The number of likely N-dealkylation sites (N-methyl/N-ethyl adjacent to an activating group) is 1. The molecule has 1 heterocycles. The third-order valence-corrected chi connectivity index (χ3v) is 5.96. The van der Waals surface area contributed by atoms with E-state index in [0.29, 0.717) is 17.8 Å². The average molecular weight is 352 g/mol. The monoisotopic (exact) mass is 352 g/mol. The number of hydrogen-bond acceptors (Lipinski definition) is 3. The maximum atomic E-state index is 12.6. The van der Waals surface area contributed by atoms with Gasteiger partial charge in [0, 0.05) is 13.0 Å². The second-order valence-corrected chi connectivity index (χ2v) is 7.56. The molecule has 26 heavy (non-hydrogen) atoms. The third kappa shape index (κ3) is 2.45. The minimum atomic E-state index is -0.791. The second kappa shape index (κ2) is 6.01. The van der Waals surface area contributed by atoms with Crippen molar-refractivity contribution in [2.24, 2.45) is 17.1 Å². The summed E-state index contributed by atoms with van der Waals surface area (Å²) >= 11 is 0. The molecule has 0 saturated heterocycles. The maximum absolute atomic E-state index is 12.6. The zero-order valence-electron chi connectivity index (χ0n) is 15.1. The first kappa shape index (κ1) is 16.9. The molecule has 136 valence electrons. The Hall–Kier alpha value is -2.56. The summed E-state index contributed by atoms with van der Waals surface area (Å²) in [6.07, 6.45) is 4.15. The van der Waals surface area contributed by atoms with Crippen LogP contribution in [0.25, 0.3) is 0 Å². The lowest BCUT2D eigenvalue weighted by Crippen LogP contribution is -2.41. The number of nitrogens with one attached hydrogen (secondary N) is 1. The Kier molecular flexibility index (Phi) is 3.90. The SMILES string of the molecule is CNC(=O)C1=CC(C(N)=O)(C2CC2)CC2=C1OC(C)C2c1ccccc1. The molecular formula is C21H24N2O3. The van der Waals surface area contributed by atoms with E-state index in [-0.39, 0.29) is 29.8 Å². The van der Waals surface area contributed by atoms with Crippen LogP contribution in [0.3, 0.4) is 0 Å². The van der Waals surface area contributed by atoms with Crippen LogP contribution in [-0.4, -0.2) is 25.0 Å². The highest BCUT2D eigenvalue weighted by Crippen LogP contribution is 2.57. The first-order valence-corrected chi connectivity index (χ1v) is 9.18. The predicted molar refractivity (Wildman–Crippen MR) is 97.9 cm³/mol. The van der Waals surface area contributed by atoms with Crippen LogP contribution in [0.1, 0.15) is 37.7 Å². The van der Waals surface area contributed by atoms with Crippen molar-refractivity contribution in [3.8, 4) is 0 Å². The summed E-state index contributed by atoms with van der Waals surface area (Å²) in [5, 5.41) is 2.68. The molecule has 2 aliphatic carbocycles. The molecule has 3 N–H and O–H groups in total. The Morgan fingerprint density at radius 2 is 1.92 bits per heavy atom. The van der Waals surface area contributed by atoms with E-state index in [1.807, 2.05) is 25.1 Å². The van der Waals surface area contributed by atoms with Crippen molar-refractivity contribution in [2.45, 2.75) is 38.2 Å². The summed E-state index contributed by atoms with van der Waals surface area (Å²) in [5.41, 5.74) is 7.69. The van der Waals surface area contributed by atoms with Gasteiger partial charge in [0.25, 0.3) is 5.91 Å². The number of primary amides is 1. The lowest BCUT2D eigenvalue weighted by Gasteiger charge is -2.33. The first-order chi connectivity index (χ1) is 12.5. The van der Waals surface area contributed by atoms with Gasteiger partial charge in [0.15, 0.2) is 0 Å². The lowest BCUT2D eigenvalue weighted by molar-refractivity contribution is -0.126. The quantitative estimate of drug-likeness (QED) is 0.873. The summed E-state index contributed by atoms with van der Waals surface area (Å²) in [6, 6.07) is 10.1. The van der Waals surface area contributed by atoms with Gasteiger partial charge < -0.3 is 15.8 Å². The first-order valence-electron chi connectivity index (χ1n) is 9.18. The van der Waals surface area contributed by atoms with Crippen LogP contribution in [0.4, 0.5) is 0 Å². The summed E-state index contributed by atoms with van der Waals surface area (Å²) < 4.78 is 6.14. The molecule has 5 nitrogen and oxygen atoms in total. The molecule has 1 saturated carbocycles. The molecule has 4 rings (SSSR count). The van der Waals surface area contributed by atoms with E-state index in [1.54, 1.807) is 13.1 Å². The van der Waals surface area contributed by atoms with Crippen LogP contribution in [0, 0.1) is 11.3 Å². The van der Waals surface area contributed by atoms with Gasteiger partial charge in [0.1, 0.15) is 11.9 Å². The van der Waals surface area contributed by atoms with E-state index in [0.717, 1.165) is 24.0 Å². The number of hydrogen-bond donors (Lipinski definition) is 2. The fourth-order valence-electron chi connectivity index (χ4n) is 4.53. The van der Waals surface area contributed by atoms with Gasteiger partial charge in [-0.15, -0.1) is 0 Å². The maximum Gasteiger partial charge on any atom is 0.254 e. The summed E-state index contributed by atoms with van der Waals surface area (Å²) in [5.74, 6) is 0.282. The Bertz CT molecular complexity index is 823. The topological polar surface area (TPSA) is 81.4 Å². The molecule has 0 bridgehead atoms. The molecular weight excluding hydrogens is 328 g/mol. The van der Waals surface area contributed by atoms with Crippen LogP contribution in [0.2, 0.25) is 0 Å². The van der Waals surface area contributed by atoms with Crippen LogP contribution >= 0.6 is 0 Å². The van der Waals surface area contributed by atoms with Gasteiger partial charge in [0.05, 0.1) is 11.0 Å². The van der Waals surface area contributed by atoms with E-state index in [1.165, 1.54) is 0 Å². The molecule has 1 aromatic rings. The van der Waals surface area contributed by atoms with Crippen LogP contribution < -0.4 is 11.1 Å². The van der Waals surface area contributed by atoms with Crippen molar-refractivity contribution in [1.82, 2.24) is 5.32 Å². The van der Waals surface area contributed by atoms with Gasteiger partial charge in [-0.25, -0.2) is 0 Å². The van der Waals surface area contributed by atoms with Gasteiger partial charge in [-0.05, 0) is 43.2 Å². The molecule has 0 spiro atoms. The van der Waals surface area contributed by atoms with E-state index >= 15 is 0 Å². The minimum absolute atomic E-state index is 0.0250.